The molecule has 1 aliphatic heterocycles. The molecular weight excluding hydrogens is 324 g/mol. The number of non-ortho nitro benzene ring substituents is 1. The highest BCUT2D eigenvalue weighted by atomic mass is 16.6. The minimum absolute atomic E-state index is 0.0131. The maximum Gasteiger partial charge on any atom is 0.322 e. The number of aromatic nitrogens is 1. The van der Waals surface area contributed by atoms with Crippen molar-refractivity contribution < 1.29 is 14.2 Å². The van der Waals surface area contributed by atoms with E-state index < -0.39 is 4.92 Å². The van der Waals surface area contributed by atoms with Crippen molar-refractivity contribution in [3.63, 3.8) is 0 Å². The summed E-state index contributed by atoms with van der Waals surface area (Å²) in [5.41, 5.74) is 1.27. The van der Waals surface area contributed by atoms with Crippen molar-refractivity contribution in [1.29, 1.82) is 0 Å². The van der Waals surface area contributed by atoms with E-state index in [9.17, 15) is 14.9 Å². The van der Waals surface area contributed by atoms with Crippen LogP contribution in [0.5, 0.6) is 0 Å². The molecule has 1 fully saturated rings. The molecule has 1 atom stereocenters. The maximum atomic E-state index is 12.6. The van der Waals surface area contributed by atoms with Crippen molar-refractivity contribution in [1.82, 2.24) is 10.1 Å². The van der Waals surface area contributed by atoms with Gasteiger partial charge in [-0.1, -0.05) is 19.0 Å². The number of amides is 2. The summed E-state index contributed by atoms with van der Waals surface area (Å²) in [7, 11) is 0. The normalized spacial score (nSPS) is 17.1. The monoisotopic (exact) mass is 344 g/mol. The molecule has 0 aliphatic carbocycles. The Labute approximate surface area is 144 Å². The Hall–Kier alpha value is -2.90. The Morgan fingerprint density at radius 1 is 1.40 bits per heavy atom. The molecule has 1 N–H and O–H groups in total. The van der Waals surface area contributed by atoms with Crippen LogP contribution in [0.25, 0.3) is 0 Å². The summed E-state index contributed by atoms with van der Waals surface area (Å²) in [4.78, 5) is 24.5. The first-order valence-corrected chi connectivity index (χ1v) is 8.24. The fraction of sp³-hybridized carbons (Fsp3) is 0.412. The van der Waals surface area contributed by atoms with Crippen molar-refractivity contribution in [2.75, 3.05) is 11.9 Å². The zero-order valence-corrected chi connectivity index (χ0v) is 14.1. The molecule has 1 aromatic heterocycles. The summed E-state index contributed by atoms with van der Waals surface area (Å²) in [5, 5.41) is 17.6. The second-order valence-electron chi connectivity index (χ2n) is 6.39. The highest BCUT2D eigenvalue weighted by Gasteiger charge is 2.32. The molecule has 2 aromatic rings. The molecule has 0 unspecified atom stereocenters. The van der Waals surface area contributed by atoms with Crippen LogP contribution in [0, 0.1) is 10.1 Å². The van der Waals surface area contributed by atoms with E-state index in [1.165, 1.54) is 24.3 Å². The summed E-state index contributed by atoms with van der Waals surface area (Å²) in [6.07, 6.45) is 1.72. The number of nitrogens with zero attached hydrogens (tertiary/aromatic N) is 3. The van der Waals surface area contributed by atoms with Gasteiger partial charge in [0.05, 0.1) is 11.0 Å². The van der Waals surface area contributed by atoms with E-state index in [4.69, 9.17) is 4.52 Å². The van der Waals surface area contributed by atoms with Crippen molar-refractivity contribution in [3.05, 3.63) is 51.9 Å². The zero-order chi connectivity index (χ0) is 18.0. The van der Waals surface area contributed by atoms with Crippen LogP contribution in [0.4, 0.5) is 16.2 Å². The average molecular weight is 344 g/mol. The van der Waals surface area contributed by atoms with E-state index in [0.29, 0.717) is 12.2 Å². The Morgan fingerprint density at radius 3 is 2.72 bits per heavy atom. The maximum absolute atomic E-state index is 12.6. The highest BCUT2D eigenvalue weighted by Crippen LogP contribution is 2.33. The van der Waals surface area contributed by atoms with E-state index in [-0.39, 0.29) is 23.7 Å². The van der Waals surface area contributed by atoms with Gasteiger partial charge in [0, 0.05) is 36.3 Å². The fourth-order valence-corrected chi connectivity index (χ4v) is 2.91. The number of carbonyl (C=O) groups excluding carboxylic acids is 1. The van der Waals surface area contributed by atoms with Crippen LogP contribution in [0.3, 0.4) is 0 Å². The number of likely N-dealkylation sites (tertiary alicyclic amines) is 1. The lowest BCUT2D eigenvalue weighted by atomic mass is 10.1. The average Bonchev–Trinajstić information content (AvgIpc) is 3.24. The minimum Gasteiger partial charge on any atom is -0.361 e. The molecule has 1 aliphatic rings. The fourth-order valence-electron chi connectivity index (χ4n) is 2.91. The minimum atomic E-state index is -0.473. The van der Waals surface area contributed by atoms with Crippen molar-refractivity contribution in [2.24, 2.45) is 0 Å². The van der Waals surface area contributed by atoms with Gasteiger partial charge in [0.25, 0.3) is 5.69 Å². The van der Waals surface area contributed by atoms with Crippen molar-refractivity contribution in [2.45, 2.75) is 38.6 Å². The van der Waals surface area contributed by atoms with Crippen LogP contribution in [0.15, 0.2) is 34.9 Å². The number of hydrogen-bond donors (Lipinski definition) is 1. The standard InChI is InChI=1S/C17H20N4O4/c1-11(2)16-10-14(19-25-16)15-4-3-9-20(15)17(22)18-12-5-7-13(8-6-12)21(23)24/h5-8,10-11,15H,3-4,9H2,1-2H3,(H,18,22)/t15-/m0/s1. The molecule has 8 nitrogen and oxygen atoms in total. The third-order valence-corrected chi connectivity index (χ3v) is 4.30. The molecule has 2 amide bonds. The molecule has 132 valence electrons. The van der Waals surface area contributed by atoms with Gasteiger partial charge in [-0.05, 0) is 25.0 Å². The molecule has 1 saturated heterocycles. The van der Waals surface area contributed by atoms with E-state index >= 15 is 0 Å². The number of carbonyl (C=O) groups is 1. The molecule has 0 saturated carbocycles. The largest absolute Gasteiger partial charge is 0.361 e. The second-order valence-corrected chi connectivity index (χ2v) is 6.39. The molecule has 0 radical (unpaired) electrons. The number of anilines is 1. The molecule has 0 spiro atoms. The van der Waals surface area contributed by atoms with Crippen LogP contribution < -0.4 is 5.32 Å². The summed E-state index contributed by atoms with van der Waals surface area (Å²) < 4.78 is 5.35. The molecular formula is C17H20N4O4. The van der Waals surface area contributed by atoms with Gasteiger partial charge < -0.3 is 14.7 Å². The van der Waals surface area contributed by atoms with Crippen LogP contribution >= 0.6 is 0 Å². The van der Waals surface area contributed by atoms with Gasteiger partial charge in [-0.2, -0.15) is 0 Å². The molecule has 25 heavy (non-hydrogen) atoms. The van der Waals surface area contributed by atoms with Crippen LogP contribution in [0.1, 0.15) is 50.1 Å². The number of nitro groups is 1. The van der Waals surface area contributed by atoms with Gasteiger partial charge in [-0.15, -0.1) is 0 Å². The van der Waals surface area contributed by atoms with E-state index in [2.05, 4.69) is 10.5 Å². The smallest absolute Gasteiger partial charge is 0.322 e. The summed E-state index contributed by atoms with van der Waals surface area (Å²) in [6, 6.07) is 7.32. The van der Waals surface area contributed by atoms with Crippen molar-refractivity contribution >= 4 is 17.4 Å². The molecule has 1 aromatic carbocycles. The van der Waals surface area contributed by atoms with E-state index in [1.54, 1.807) is 4.90 Å². The predicted octanol–water partition coefficient (Wildman–Crippen LogP) is 4.08. The Balaban J connectivity index is 1.70. The topological polar surface area (TPSA) is 102 Å². The first-order valence-electron chi connectivity index (χ1n) is 8.24. The van der Waals surface area contributed by atoms with Gasteiger partial charge in [0.2, 0.25) is 0 Å². The summed E-state index contributed by atoms with van der Waals surface area (Å²) in [5.74, 6) is 1.04. The number of urea groups is 1. The second kappa shape index (κ2) is 6.92. The van der Waals surface area contributed by atoms with Gasteiger partial charge in [-0.3, -0.25) is 10.1 Å². The van der Waals surface area contributed by atoms with E-state index in [0.717, 1.165) is 24.3 Å². The summed E-state index contributed by atoms with van der Waals surface area (Å²) >= 11 is 0. The third kappa shape index (κ3) is 3.62. The third-order valence-electron chi connectivity index (χ3n) is 4.30. The lowest BCUT2D eigenvalue weighted by Gasteiger charge is -2.23. The van der Waals surface area contributed by atoms with Crippen LogP contribution in [-0.2, 0) is 0 Å². The molecule has 8 heteroatoms. The van der Waals surface area contributed by atoms with Gasteiger partial charge in [0.1, 0.15) is 11.5 Å². The number of nitro benzene ring substituents is 1. The molecule has 0 bridgehead atoms. The zero-order valence-electron chi connectivity index (χ0n) is 14.1. The van der Waals surface area contributed by atoms with Crippen molar-refractivity contribution in [3.8, 4) is 0 Å². The molecule has 3 rings (SSSR count). The lowest BCUT2D eigenvalue weighted by Crippen LogP contribution is -2.34. The SMILES string of the molecule is CC(C)c1cc([C@@H]2CCCN2C(=O)Nc2ccc([N+](=O)[O-])cc2)no1. The first kappa shape index (κ1) is 16.9. The van der Waals surface area contributed by atoms with Gasteiger partial charge >= 0.3 is 6.03 Å². The summed E-state index contributed by atoms with van der Waals surface area (Å²) in [6.45, 7) is 4.68. The predicted molar refractivity (Wildman–Crippen MR) is 91.4 cm³/mol. The first-order chi connectivity index (χ1) is 12.0. The Morgan fingerprint density at radius 2 is 2.12 bits per heavy atom. The van der Waals surface area contributed by atoms with E-state index in [1.807, 2.05) is 19.9 Å². The van der Waals surface area contributed by atoms with Gasteiger partial charge in [0.15, 0.2) is 0 Å². The van der Waals surface area contributed by atoms with Crippen LogP contribution in [0.2, 0.25) is 0 Å². The highest BCUT2D eigenvalue weighted by molar-refractivity contribution is 5.89. The quantitative estimate of drug-likeness (QED) is 0.665. The Kier molecular flexibility index (Phi) is 4.69. The Bertz CT molecular complexity index is 769. The number of benzene rings is 1. The number of hydrogen-bond acceptors (Lipinski definition) is 5. The van der Waals surface area contributed by atoms with Crippen LogP contribution in [-0.4, -0.2) is 27.6 Å². The molecule has 2 heterocycles. The number of nitrogens with one attached hydrogen (secondary N) is 1. The van der Waals surface area contributed by atoms with Gasteiger partial charge in [-0.25, -0.2) is 4.79 Å². The number of rotatable bonds is 4. The lowest BCUT2D eigenvalue weighted by molar-refractivity contribution is -0.384.